The highest BCUT2D eigenvalue weighted by atomic mass is 16.5. The van der Waals surface area contributed by atoms with Crippen LogP contribution in [0.2, 0.25) is 0 Å². The van der Waals surface area contributed by atoms with Crippen molar-refractivity contribution >= 4 is 0 Å². The highest BCUT2D eigenvalue weighted by Crippen LogP contribution is 2.32. The number of hydrogen-bond donors (Lipinski definition) is 0. The lowest BCUT2D eigenvalue weighted by molar-refractivity contribution is 0.244. The van der Waals surface area contributed by atoms with Gasteiger partial charge in [-0.15, -0.1) is 0 Å². The Balaban J connectivity index is 1.55. The number of ether oxygens (including phenoxy) is 1. The largest absolute Gasteiger partial charge is 0.497 e. The second kappa shape index (κ2) is 7.30. The zero-order valence-electron chi connectivity index (χ0n) is 15.3. The summed E-state index contributed by atoms with van der Waals surface area (Å²) in [7, 11) is 1.70. The first-order chi connectivity index (χ1) is 12.7. The third-order valence-electron chi connectivity index (χ3n) is 5.08. The maximum Gasteiger partial charge on any atom is 0.138 e. The summed E-state index contributed by atoms with van der Waals surface area (Å²) in [6, 6.07) is 15.0. The lowest BCUT2D eigenvalue weighted by atomic mass is 10.1. The summed E-state index contributed by atoms with van der Waals surface area (Å²) in [4.78, 5) is 11.8. The molecule has 3 heterocycles. The lowest BCUT2D eigenvalue weighted by Crippen LogP contribution is -2.23. The summed E-state index contributed by atoms with van der Waals surface area (Å²) < 4.78 is 7.29. The molecule has 0 spiro atoms. The monoisotopic (exact) mass is 348 g/mol. The van der Waals surface area contributed by atoms with Crippen molar-refractivity contribution in [2.75, 3.05) is 13.7 Å². The van der Waals surface area contributed by atoms with E-state index in [1.54, 1.807) is 7.11 Å². The van der Waals surface area contributed by atoms with Gasteiger partial charge in [-0.3, -0.25) is 9.47 Å². The van der Waals surface area contributed by atoms with Gasteiger partial charge in [0, 0.05) is 18.9 Å². The maximum absolute atomic E-state index is 5.26. The van der Waals surface area contributed by atoms with Crippen molar-refractivity contribution in [1.82, 2.24) is 19.4 Å². The number of pyridine rings is 1. The third-order valence-corrected chi connectivity index (χ3v) is 5.08. The van der Waals surface area contributed by atoms with E-state index in [9.17, 15) is 0 Å². The van der Waals surface area contributed by atoms with Gasteiger partial charge in [-0.1, -0.05) is 18.2 Å². The predicted octanol–water partition coefficient (Wildman–Crippen LogP) is 3.92. The van der Waals surface area contributed by atoms with E-state index in [1.807, 2.05) is 42.1 Å². The molecule has 1 aliphatic heterocycles. The third kappa shape index (κ3) is 3.35. The quantitative estimate of drug-likeness (QED) is 0.701. The van der Waals surface area contributed by atoms with Crippen LogP contribution in [-0.2, 0) is 6.54 Å². The molecule has 5 heteroatoms. The second-order valence-electron chi connectivity index (χ2n) is 6.74. The number of nitrogens with zero attached hydrogens (tertiary/aromatic N) is 4. The highest BCUT2D eigenvalue weighted by Gasteiger charge is 2.27. The van der Waals surface area contributed by atoms with Crippen molar-refractivity contribution in [2.24, 2.45) is 0 Å². The average molecular weight is 348 g/mol. The van der Waals surface area contributed by atoms with Crippen LogP contribution in [0.15, 0.2) is 54.9 Å². The van der Waals surface area contributed by atoms with E-state index in [2.05, 4.69) is 34.1 Å². The summed E-state index contributed by atoms with van der Waals surface area (Å²) in [5, 5.41) is 0. The van der Waals surface area contributed by atoms with Gasteiger partial charge in [0.2, 0.25) is 0 Å². The number of hydrogen-bond acceptors (Lipinski definition) is 4. The van der Waals surface area contributed by atoms with Crippen LogP contribution in [0.5, 0.6) is 5.75 Å². The van der Waals surface area contributed by atoms with Crippen molar-refractivity contribution in [3.05, 3.63) is 71.9 Å². The van der Waals surface area contributed by atoms with E-state index >= 15 is 0 Å². The van der Waals surface area contributed by atoms with Crippen LogP contribution in [0, 0.1) is 6.92 Å². The van der Waals surface area contributed by atoms with Crippen molar-refractivity contribution in [3.63, 3.8) is 0 Å². The molecular weight excluding hydrogens is 324 g/mol. The van der Waals surface area contributed by atoms with Gasteiger partial charge < -0.3 is 4.74 Å². The minimum atomic E-state index is 0.362. The van der Waals surface area contributed by atoms with E-state index in [0.717, 1.165) is 42.6 Å². The summed E-state index contributed by atoms with van der Waals surface area (Å²) in [5.41, 5.74) is 2.45. The number of rotatable bonds is 5. The summed E-state index contributed by atoms with van der Waals surface area (Å²) >= 11 is 0. The van der Waals surface area contributed by atoms with Gasteiger partial charge in [0.25, 0.3) is 0 Å². The fraction of sp³-hybridized carbons (Fsp3) is 0.333. The molecule has 1 fully saturated rings. The van der Waals surface area contributed by atoms with Crippen LogP contribution in [0.4, 0.5) is 0 Å². The molecule has 1 saturated heterocycles. The zero-order valence-corrected chi connectivity index (χ0v) is 15.3. The Morgan fingerprint density at radius 1 is 1.15 bits per heavy atom. The Morgan fingerprint density at radius 3 is 2.73 bits per heavy atom. The van der Waals surface area contributed by atoms with Crippen LogP contribution in [0.25, 0.3) is 5.82 Å². The fourth-order valence-electron chi connectivity index (χ4n) is 3.70. The van der Waals surface area contributed by atoms with Gasteiger partial charge in [0.15, 0.2) is 0 Å². The van der Waals surface area contributed by atoms with E-state index in [-0.39, 0.29) is 0 Å². The molecule has 0 N–H and O–H groups in total. The average Bonchev–Trinajstić information content (AvgIpc) is 3.31. The van der Waals surface area contributed by atoms with Crippen LogP contribution < -0.4 is 4.74 Å². The molecule has 0 bridgehead atoms. The molecule has 4 rings (SSSR count). The lowest BCUT2D eigenvalue weighted by Gasteiger charge is -2.24. The minimum Gasteiger partial charge on any atom is -0.497 e. The molecule has 0 aliphatic carbocycles. The van der Waals surface area contributed by atoms with Crippen LogP contribution in [0.1, 0.15) is 36.0 Å². The van der Waals surface area contributed by atoms with Crippen LogP contribution in [-0.4, -0.2) is 33.1 Å². The van der Waals surface area contributed by atoms with E-state index in [0.29, 0.717) is 6.04 Å². The molecule has 3 aromatic rings. The number of aromatic nitrogens is 3. The molecule has 1 aromatic carbocycles. The molecule has 0 amide bonds. The van der Waals surface area contributed by atoms with Gasteiger partial charge in [-0.25, -0.2) is 9.97 Å². The molecular formula is C21H24N4O. The first-order valence-electron chi connectivity index (χ1n) is 9.09. The van der Waals surface area contributed by atoms with Crippen LogP contribution >= 0.6 is 0 Å². The maximum atomic E-state index is 5.26. The predicted molar refractivity (Wildman–Crippen MR) is 101 cm³/mol. The first-order valence-corrected chi connectivity index (χ1v) is 9.09. The van der Waals surface area contributed by atoms with Crippen molar-refractivity contribution in [1.29, 1.82) is 0 Å². The van der Waals surface area contributed by atoms with Crippen molar-refractivity contribution < 1.29 is 4.74 Å². The number of aryl methyl sites for hydroxylation is 1. The Bertz CT molecular complexity index is 872. The van der Waals surface area contributed by atoms with Crippen LogP contribution in [0.3, 0.4) is 0 Å². The van der Waals surface area contributed by atoms with E-state index < -0.39 is 0 Å². The fourth-order valence-corrected chi connectivity index (χ4v) is 3.70. The molecule has 1 unspecified atom stereocenters. The first kappa shape index (κ1) is 16.8. The number of likely N-dealkylation sites (tertiary alicyclic amines) is 1. The van der Waals surface area contributed by atoms with Gasteiger partial charge in [0.1, 0.15) is 17.4 Å². The number of benzene rings is 1. The molecule has 5 nitrogen and oxygen atoms in total. The summed E-state index contributed by atoms with van der Waals surface area (Å²) in [6.45, 7) is 4.04. The molecule has 0 saturated carbocycles. The smallest absolute Gasteiger partial charge is 0.138 e. The molecule has 26 heavy (non-hydrogen) atoms. The number of methoxy groups -OCH3 is 1. The normalized spacial score (nSPS) is 17.5. The van der Waals surface area contributed by atoms with Gasteiger partial charge in [0.05, 0.1) is 18.8 Å². The van der Waals surface area contributed by atoms with Crippen molar-refractivity contribution in [2.45, 2.75) is 32.4 Å². The Hall–Kier alpha value is -2.66. The second-order valence-corrected chi connectivity index (χ2v) is 6.74. The molecule has 134 valence electrons. The van der Waals surface area contributed by atoms with E-state index in [4.69, 9.17) is 9.72 Å². The Kier molecular flexibility index (Phi) is 4.71. The topological polar surface area (TPSA) is 43.2 Å². The summed E-state index contributed by atoms with van der Waals surface area (Å²) in [5.74, 6) is 2.79. The minimum absolute atomic E-state index is 0.362. The summed E-state index contributed by atoms with van der Waals surface area (Å²) in [6.07, 6.45) is 6.13. The Morgan fingerprint density at radius 2 is 2.00 bits per heavy atom. The standard InChI is InChI=1S/C21H24N4O/c1-16-22-12-14-25(16)21-7-3-5-19(23-21)20-6-4-13-24(20)15-17-8-10-18(26-2)11-9-17/h3,5,7-12,14,20H,4,6,13,15H2,1-2H3. The Labute approximate surface area is 154 Å². The molecule has 1 atom stereocenters. The zero-order chi connectivity index (χ0) is 17.9. The number of imidazole rings is 1. The molecule has 2 aromatic heterocycles. The van der Waals surface area contributed by atoms with Gasteiger partial charge >= 0.3 is 0 Å². The van der Waals surface area contributed by atoms with E-state index in [1.165, 1.54) is 12.0 Å². The van der Waals surface area contributed by atoms with Gasteiger partial charge in [-0.05, 0) is 56.1 Å². The SMILES string of the molecule is COc1ccc(CN2CCCC2c2cccc(-n3ccnc3C)n2)cc1. The molecule has 1 aliphatic rings. The van der Waals surface area contributed by atoms with Gasteiger partial charge in [-0.2, -0.15) is 0 Å². The van der Waals surface area contributed by atoms with Crippen molar-refractivity contribution in [3.8, 4) is 11.6 Å². The highest BCUT2D eigenvalue weighted by molar-refractivity contribution is 5.29. The molecule has 0 radical (unpaired) electrons.